The molecule has 5 N–H and O–H groups in total. The lowest BCUT2D eigenvalue weighted by atomic mass is 10.1. The summed E-state index contributed by atoms with van der Waals surface area (Å²) in [6.07, 6.45) is -1.69. The van der Waals surface area contributed by atoms with E-state index in [1.807, 2.05) is 0 Å². The minimum absolute atomic E-state index is 0.0764. The van der Waals surface area contributed by atoms with E-state index in [-0.39, 0.29) is 12.8 Å². The normalized spacial score (nSPS) is 13.6. The van der Waals surface area contributed by atoms with Gasteiger partial charge in [0.25, 0.3) is 0 Å². The highest BCUT2D eigenvalue weighted by Crippen LogP contribution is 1.96. The van der Waals surface area contributed by atoms with Crippen molar-refractivity contribution in [3.8, 4) is 0 Å². The third-order valence-electron chi connectivity index (χ3n) is 1.07. The number of hydrogen-bond acceptors (Lipinski definition) is 4. The summed E-state index contributed by atoms with van der Waals surface area (Å²) in [4.78, 5) is 9.91. The van der Waals surface area contributed by atoms with Gasteiger partial charge in [-0.15, -0.1) is 0 Å². The first kappa shape index (κ1) is 9.35. The van der Waals surface area contributed by atoms with Gasteiger partial charge in [0.2, 0.25) is 0 Å². The second-order valence-corrected chi connectivity index (χ2v) is 2.01. The van der Waals surface area contributed by atoms with E-state index in [1.165, 1.54) is 0 Å². The summed E-state index contributed by atoms with van der Waals surface area (Å²) in [6.45, 7) is 0. The quantitative estimate of drug-likeness (QED) is 0.364. The summed E-state index contributed by atoms with van der Waals surface area (Å²) in [5.41, 5.74) is 5.10. The summed E-state index contributed by atoms with van der Waals surface area (Å²) in [5.74, 6) is -0.990. The van der Waals surface area contributed by atoms with E-state index in [1.54, 1.807) is 0 Å². The van der Waals surface area contributed by atoms with E-state index < -0.39 is 18.3 Å². The number of aliphatic carboxylic acids is 1. The van der Waals surface area contributed by atoms with E-state index >= 15 is 0 Å². The van der Waals surface area contributed by atoms with Crippen molar-refractivity contribution in [3.05, 3.63) is 0 Å². The van der Waals surface area contributed by atoms with Gasteiger partial charge < -0.3 is 21.1 Å². The fourth-order valence-electron chi connectivity index (χ4n) is 0.439. The molecule has 0 aliphatic carbocycles. The molecule has 5 nitrogen and oxygen atoms in total. The van der Waals surface area contributed by atoms with Crippen LogP contribution in [0.2, 0.25) is 0 Å². The summed E-state index contributed by atoms with van der Waals surface area (Å²) in [6, 6.07) is -0.865. The molecule has 0 saturated carbocycles. The number of carboxylic acids is 1. The van der Waals surface area contributed by atoms with Crippen LogP contribution < -0.4 is 5.73 Å². The molecule has 0 bridgehead atoms. The molecule has 0 saturated heterocycles. The molecule has 0 aliphatic rings. The number of carbonyl (C=O) groups is 1. The molecule has 0 aromatic heterocycles. The van der Waals surface area contributed by atoms with E-state index in [0.717, 1.165) is 0 Å². The third-order valence-corrected chi connectivity index (χ3v) is 1.07. The first-order chi connectivity index (χ1) is 4.54. The molecular weight excluding hydrogens is 138 g/mol. The average Bonchev–Trinajstić information content (AvgIpc) is 1.82. The Morgan fingerprint density at radius 3 is 2.30 bits per heavy atom. The fourth-order valence-corrected chi connectivity index (χ4v) is 0.439. The molecule has 1 unspecified atom stereocenters. The molecule has 0 spiro atoms. The SMILES string of the molecule is NC(CCC(=O)O)C(O)O. The molecule has 0 aliphatic heterocycles. The predicted octanol–water partition coefficient (Wildman–Crippen LogP) is -1.51. The smallest absolute Gasteiger partial charge is 0.303 e. The van der Waals surface area contributed by atoms with Crippen LogP contribution in [-0.4, -0.2) is 33.6 Å². The second kappa shape index (κ2) is 4.21. The Labute approximate surface area is 58.1 Å². The van der Waals surface area contributed by atoms with Crippen LogP contribution in [0.3, 0.4) is 0 Å². The second-order valence-electron chi connectivity index (χ2n) is 2.01. The van der Waals surface area contributed by atoms with Crippen LogP contribution in [0.4, 0.5) is 0 Å². The zero-order chi connectivity index (χ0) is 8.15. The van der Waals surface area contributed by atoms with Crippen LogP contribution in [0.15, 0.2) is 0 Å². The maximum atomic E-state index is 9.91. The number of hydrogen-bond donors (Lipinski definition) is 4. The monoisotopic (exact) mass is 149 g/mol. The number of nitrogens with two attached hydrogens (primary N) is 1. The Kier molecular flexibility index (Phi) is 3.94. The van der Waals surface area contributed by atoms with Gasteiger partial charge in [-0.1, -0.05) is 0 Å². The minimum Gasteiger partial charge on any atom is -0.481 e. The molecule has 0 fully saturated rings. The maximum absolute atomic E-state index is 9.91. The summed E-state index contributed by atoms with van der Waals surface area (Å²) in [7, 11) is 0. The van der Waals surface area contributed by atoms with Crippen molar-refractivity contribution in [1.29, 1.82) is 0 Å². The highest BCUT2D eigenvalue weighted by molar-refractivity contribution is 5.66. The molecule has 0 heterocycles. The summed E-state index contributed by atoms with van der Waals surface area (Å²) in [5, 5.41) is 24.9. The van der Waals surface area contributed by atoms with Crippen LogP contribution in [0, 0.1) is 0 Å². The van der Waals surface area contributed by atoms with Gasteiger partial charge in [-0.25, -0.2) is 0 Å². The van der Waals surface area contributed by atoms with Crippen LogP contribution in [-0.2, 0) is 4.79 Å². The first-order valence-electron chi connectivity index (χ1n) is 2.87. The molecule has 0 aromatic carbocycles. The van der Waals surface area contributed by atoms with Crippen LogP contribution in [0.25, 0.3) is 0 Å². The van der Waals surface area contributed by atoms with Crippen molar-refractivity contribution in [2.75, 3.05) is 0 Å². The van der Waals surface area contributed by atoms with E-state index in [9.17, 15) is 4.79 Å². The number of aliphatic hydroxyl groups excluding tert-OH is 1. The van der Waals surface area contributed by atoms with Gasteiger partial charge in [-0.3, -0.25) is 4.79 Å². The van der Waals surface area contributed by atoms with Crippen molar-refractivity contribution in [1.82, 2.24) is 0 Å². The third kappa shape index (κ3) is 4.25. The maximum Gasteiger partial charge on any atom is 0.303 e. The van der Waals surface area contributed by atoms with Crippen LogP contribution in [0.1, 0.15) is 12.8 Å². The summed E-state index contributed by atoms with van der Waals surface area (Å²) < 4.78 is 0. The molecule has 5 heteroatoms. The largest absolute Gasteiger partial charge is 0.481 e. The first-order valence-corrected chi connectivity index (χ1v) is 2.87. The van der Waals surface area contributed by atoms with Gasteiger partial charge in [0.05, 0.1) is 6.04 Å². The lowest BCUT2D eigenvalue weighted by molar-refractivity contribution is -0.137. The minimum atomic E-state index is -1.63. The van der Waals surface area contributed by atoms with Crippen molar-refractivity contribution >= 4 is 5.97 Å². The van der Waals surface area contributed by atoms with Gasteiger partial charge >= 0.3 is 5.97 Å². The molecule has 0 amide bonds. The standard InChI is InChI=1S/C5H11NO4/c6-3(5(9)10)1-2-4(7)8/h3,5,9-10H,1-2,6H2,(H,7,8). The molecule has 60 valence electrons. The molecule has 10 heavy (non-hydrogen) atoms. The van der Waals surface area contributed by atoms with Gasteiger partial charge in [0.1, 0.15) is 0 Å². The topological polar surface area (TPSA) is 104 Å². The van der Waals surface area contributed by atoms with Gasteiger partial charge in [0, 0.05) is 6.42 Å². The van der Waals surface area contributed by atoms with Gasteiger partial charge in [-0.2, -0.15) is 0 Å². The van der Waals surface area contributed by atoms with Crippen molar-refractivity contribution in [2.45, 2.75) is 25.2 Å². The Balaban J connectivity index is 3.39. The average molecular weight is 149 g/mol. The Hall–Kier alpha value is -0.650. The van der Waals surface area contributed by atoms with Crippen LogP contribution in [0.5, 0.6) is 0 Å². The molecule has 0 radical (unpaired) electrons. The zero-order valence-electron chi connectivity index (χ0n) is 5.40. The van der Waals surface area contributed by atoms with Crippen molar-refractivity contribution < 1.29 is 20.1 Å². The van der Waals surface area contributed by atoms with Crippen molar-refractivity contribution in [2.24, 2.45) is 5.73 Å². The highest BCUT2D eigenvalue weighted by Gasteiger charge is 2.11. The summed E-state index contributed by atoms with van der Waals surface area (Å²) >= 11 is 0. The fraction of sp³-hybridized carbons (Fsp3) is 0.800. The molecule has 1 atom stereocenters. The highest BCUT2D eigenvalue weighted by atomic mass is 16.5. The zero-order valence-corrected chi connectivity index (χ0v) is 5.40. The Morgan fingerprint density at radius 1 is 1.50 bits per heavy atom. The van der Waals surface area contributed by atoms with E-state index in [2.05, 4.69) is 0 Å². The lowest BCUT2D eigenvalue weighted by Crippen LogP contribution is -2.34. The van der Waals surface area contributed by atoms with E-state index in [4.69, 9.17) is 21.1 Å². The Morgan fingerprint density at radius 2 is 2.00 bits per heavy atom. The molecule has 0 rings (SSSR count). The van der Waals surface area contributed by atoms with E-state index in [0.29, 0.717) is 0 Å². The molecular formula is C5H11NO4. The van der Waals surface area contributed by atoms with Gasteiger partial charge in [0.15, 0.2) is 6.29 Å². The predicted molar refractivity (Wildman–Crippen MR) is 33.1 cm³/mol. The van der Waals surface area contributed by atoms with Gasteiger partial charge in [-0.05, 0) is 6.42 Å². The van der Waals surface area contributed by atoms with Crippen molar-refractivity contribution in [3.63, 3.8) is 0 Å². The molecule has 0 aromatic rings. The number of aliphatic hydroxyl groups is 2. The van der Waals surface area contributed by atoms with Crippen LogP contribution >= 0.6 is 0 Å². The Bertz CT molecular complexity index is 114. The lowest BCUT2D eigenvalue weighted by Gasteiger charge is -2.10. The number of rotatable bonds is 4. The number of carboxylic acid groups (broad SMARTS) is 1.